The molecule has 32 heavy (non-hydrogen) atoms. The summed E-state index contributed by atoms with van der Waals surface area (Å²) in [7, 11) is 0. The molecular formula is C25H14ClNO4S. The number of rotatable bonds is 4. The first-order chi connectivity index (χ1) is 15.6. The molecule has 7 heteroatoms. The van der Waals surface area contributed by atoms with E-state index in [9.17, 15) is 9.59 Å². The second-order valence-corrected chi connectivity index (χ2v) is 8.25. The monoisotopic (exact) mass is 459 g/mol. The molecule has 156 valence electrons. The van der Waals surface area contributed by atoms with Crippen molar-refractivity contribution in [2.24, 2.45) is 0 Å². The van der Waals surface area contributed by atoms with E-state index in [4.69, 9.17) is 20.8 Å². The molecule has 3 aromatic carbocycles. The van der Waals surface area contributed by atoms with Crippen molar-refractivity contribution in [1.82, 2.24) is 4.98 Å². The van der Waals surface area contributed by atoms with Crippen LogP contribution in [0.15, 0.2) is 93.5 Å². The van der Waals surface area contributed by atoms with Gasteiger partial charge in [0.25, 0.3) is 0 Å². The first kappa shape index (κ1) is 20.2. The summed E-state index contributed by atoms with van der Waals surface area (Å²) >= 11 is 7.31. The summed E-state index contributed by atoms with van der Waals surface area (Å²) in [6.07, 6.45) is 0. The van der Waals surface area contributed by atoms with Gasteiger partial charge in [0.1, 0.15) is 16.3 Å². The molecule has 0 saturated heterocycles. The highest BCUT2D eigenvalue weighted by molar-refractivity contribution is 7.13. The number of benzene rings is 3. The van der Waals surface area contributed by atoms with Crippen molar-refractivity contribution >= 4 is 39.9 Å². The predicted octanol–water partition coefficient (Wildman–Crippen LogP) is 6.46. The van der Waals surface area contributed by atoms with Crippen molar-refractivity contribution in [3.05, 3.63) is 105 Å². The van der Waals surface area contributed by atoms with Crippen molar-refractivity contribution in [3.63, 3.8) is 0 Å². The summed E-state index contributed by atoms with van der Waals surface area (Å²) in [6, 6.07) is 22.8. The number of fused-ring (bicyclic) bond motifs is 1. The lowest BCUT2D eigenvalue weighted by Crippen LogP contribution is -2.08. The quantitative estimate of drug-likeness (QED) is 0.175. The van der Waals surface area contributed by atoms with Crippen LogP contribution < -0.4 is 10.4 Å². The number of esters is 1. The molecule has 0 saturated carbocycles. The topological polar surface area (TPSA) is 69.4 Å². The highest BCUT2D eigenvalue weighted by Crippen LogP contribution is 2.30. The van der Waals surface area contributed by atoms with Gasteiger partial charge in [0.05, 0.1) is 16.8 Å². The molecule has 5 aromatic rings. The molecule has 2 aromatic heterocycles. The van der Waals surface area contributed by atoms with Crippen LogP contribution in [-0.2, 0) is 0 Å². The molecule has 0 bridgehead atoms. The maximum Gasteiger partial charge on any atom is 0.346 e. The summed E-state index contributed by atoms with van der Waals surface area (Å²) in [4.78, 5) is 29.6. The van der Waals surface area contributed by atoms with Crippen LogP contribution in [0.3, 0.4) is 0 Å². The maximum atomic E-state index is 12.6. The Morgan fingerprint density at radius 1 is 0.969 bits per heavy atom. The Balaban J connectivity index is 1.44. The molecule has 0 spiro atoms. The van der Waals surface area contributed by atoms with Crippen LogP contribution in [0.5, 0.6) is 5.75 Å². The van der Waals surface area contributed by atoms with Gasteiger partial charge in [-0.2, -0.15) is 0 Å². The van der Waals surface area contributed by atoms with Crippen LogP contribution in [0.4, 0.5) is 0 Å². The Morgan fingerprint density at radius 3 is 2.62 bits per heavy atom. The van der Waals surface area contributed by atoms with Crippen LogP contribution in [-0.4, -0.2) is 11.0 Å². The summed E-state index contributed by atoms with van der Waals surface area (Å²) in [6.45, 7) is 0. The van der Waals surface area contributed by atoms with Gasteiger partial charge in [-0.1, -0.05) is 48.0 Å². The Hall–Kier alpha value is -3.74. The molecule has 0 radical (unpaired) electrons. The van der Waals surface area contributed by atoms with E-state index in [1.807, 2.05) is 35.7 Å². The van der Waals surface area contributed by atoms with Gasteiger partial charge in [-0.05, 0) is 36.4 Å². The van der Waals surface area contributed by atoms with E-state index in [0.29, 0.717) is 32.1 Å². The lowest BCUT2D eigenvalue weighted by molar-refractivity contribution is 0.0735. The molecular weight excluding hydrogens is 446 g/mol. The van der Waals surface area contributed by atoms with Gasteiger partial charge < -0.3 is 9.15 Å². The van der Waals surface area contributed by atoms with Crippen molar-refractivity contribution < 1.29 is 13.9 Å². The number of hydrogen-bond donors (Lipinski definition) is 0. The standard InChI is InChI=1S/C25H14ClNO4S/c26-18-8-4-7-17(11-18)24(28)30-19-10-9-16-12-20(25(29)31-22(16)13-19)23-27-21(14-32-23)15-5-2-1-3-6-15/h1-14H. The number of nitrogens with zero attached hydrogens (tertiary/aromatic N) is 1. The molecule has 5 nitrogen and oxygen atoms in total. The maximum absolute atomic E-state index is 12.6. The highest BCUT2D eigenvalue weighted by Gasteiger charge is 2.14. The molecule has 0 atom stereocenters. The largest absolute Gasteiger partial charge is 0.423 e. The second-order valence-electron chi connectivity index (χ2n) is 6.95. The van der Waals surface area contributed by atoms with Crippen molar-refractivity contribution in [1.29, 1.82) is 0 Å². The first-order valence-corrected chi connectivity index (χ1v) is 10.9. The van der Waals surface area contributed by atoms with Crippen LogP contribution in [0, 0.1) is 0 Å². The summed E-state index contributed by atoms with van der Waals surface area (Å²) < 4.78 is 10.9. The minimum atomic E-state index is -0.554. The van der Waals surface area contributed by atoms with Crippen LogP contribution in [0.1, 0.15) is 10.4 Å². The Morgan fingerprint density at radius 2 is 1.81 bits per heavy atom. The molecule has 0 aliphatic carbocycles. The van der Waals surface area contributed by atoms with E-state index < -0.39 is 11.6 Å². The number of carbonyl (C=O) groups excluding carboxylic acids is 1. The van der Waals surface area contributed by atoms with E-state index in [1.165, 1.54) is 23.5 Å². The average molecular weight is 460 g/mol. The first-order valence-electron chi connectivity index (χ1n) is 9.64. The number of ether oxygens (including phenoxy) is 1. The number of hydrogen-bond acceptors (Lipinski definition) is 6. The van der Waals surface area contributed by atoms with Crippen molar-refractivity contribution in [3.8, 4) is 27.6 Å². The van der Waals surface area contributed by atoms with Gasteiger partial charge in [-0.25, -0.2) is 14.6 Å². The SMILES string of the molecule is O=C(Oc1ccc2cc(-c3nc(-c4ccccc4)cs3)c(=O)oc2c1)c1cccc(Cl)c1. The smallest absolute Gasteiger partial charge is 0.346 e. The zero-order chi connectivity index (χ0) is 22.1. The number of aromatic nitrogens is 1. The minimum absolute atomic E-state index is 0.263. The number of halogens is 1. The Bertz CT molecular complexity index is 1510. The van der Waals surface area contributed by atoms with Gasteiger partial charge in [-0.15, -0.1) is 11.3 Å². The van der Waals surface area contributed by atoms with Gasteiger partial charge in [0, 0.05) is 27.4 Å². The van der Waals surface area contributed by atoms with Gasteiger partial charge in [0.2, 0.25) is 0 Å². The normalized spacial score (nSPS) is 10.9. The molecule has 0 aliphatic heterocycles. The zero-order valence-electron chi connectivity index (χ0n) is 16.4. The van der Waals surface area contributed by atoms with Crippen LogP contribution in [0.25, 0.3) is 32.8 Å². The Kier molecular flexibility index (Phi) is 5.31. The van der Waals surface area contributed by atoms with Crippen LogP contribution >= 0.6 is 22.9 Å². The third-order valence-electron chi connectivity index (χ3n) is 4.78. The summed E-state index contributed by atoms with van der Waals surface area (Å²) in [5, 5.41) is 3.62. The van der Waals surface area contributed by atoms with E-state index >= 15 is 0 Å². The summed E-state index contributed by atoms with van der Waals surface area (Å²) in [5.74, 6) is -0.291. The average Bonchev–Trinajstić information content (AvgIpc) is 3.29. The third-order valence-corrected chi connectivity index (χ3v) is 5.89. The number of carbonyl (C=O) groups is 1. The third kappa shape index (κ3) is 4.06. The lowest BCUT2D eigenvalue weighted by atomic mass is 10.1. The predicted molar refractivity (Wildman–Crippen MR) is 125 cm³/mol. The molecule has 5 rings (SSSR count). The number of thiazole rings is 1. The van der Waals surface area contributed by atoms with Crippen molar-refractivity contribution in [2.45, 2.75) is 0 Å². The molecule has 0 N–H and O–H groups in total. The fourth-order valence-electron chi connectivity index (χ4n) is 3.22. The molecule has 0 aliphatic rings. The lowest BCUT2D eigenvalue weighted by Gasteiger charge is -2.06. The van der Waals surface area contributed by atoms with Crippen LogP contribution in [0.2, 0.25) is 5.02 Å². The molecule has 0 unspecified atom stereocenters. The van der Waals surface area contributed by atoms with Gasteiger partial charge >= 0.3 is 11.6 Å². The van der Waals surface area contributed by atoms with E-state index in [1.54, 1.807) is 36.4 Å². The zero-order valence-corrected chi connectivity index (χ0v) is 18.0. The fourth-order valence-corrected chi connectivity index (χ4v) is 4.25. The Labute approximate surface area is 191 Å². The fraction of sp³-hybridized carbons (Fsp3) is 0. The van der Waals surface area contributed by atoms with E-state index in [-0.39, 0.29) is 5.75 Å². The highest BCUT2D eigenvalue weighted by atomic mass is 35.5. The van der Waals surface area contributed by atoms with E-state index in [2.05, 4.69) is 4.98 Å². The molecule has 0 fully saturated rings. The van der Waals surface area contributed by atoms with Crippen molar-refractivity contribution in [2.75, 3.05) is 0 Å². The minimum Gasteiger partial charge on any atom is -0.423 e. The second kappa shape index (κ2) is 8.42. The van der Waals surface area contributed by atoms with Gasteiger partial charge in [0.15, 0.2) is 0 Å². The summed E-state index contributed by atoms with van der Waals surface area (Å²) in [5.41, 5.74) is 2.29. The molecule has 2 heterocycles. The molecule has 0 amide bonds. The van der Waals surface area contributed by atoms with E-state index in [0.717, 1.165) is 11.3 Å². The van der Waals surface area contributed by atoms with Gasteiger partial charge in [-0.3, -0.25) is 0 Å².